The normalized spacial score (nSPS) is 15.3. The molecule has 0 aromatic heterocycles. The summed E-state index contributed by atoms with van der Waals surface area (Å²) < 4.78 is 0. The molecule has 26 heavy (non-hydrogen) atoms. The van der Waals surface area contributed by atoms with Gasteiger partial charge in [-0.2, -0.15) is 0 Å². The van der Waals surface area contributed by atoms with Crippen molar-refractivity contribution in [2.75, 3.05) is 25.0 Å². The second-order valence-corrected chi connectivity index (χ2v) is 6.28. The molecule has 0 aliphatic carbocycles. The molecule has 0 bridgehead atoms. The Morgan fingerprint density at radius 2 is 1.62 bits per heavy atom. The third kappa shape index (κ3) is 3.44. The predicted molar refractivity (Wildman–Crippen MR) is 98.5 cm³/mol. The second kappa shape index (κ2) is 7.39. The van der Waals surface area contributed by atoms with Crippen molar-refractivity contribution < 1.29 is 14.4 Å². The Kier molecular flexibility index (Phi) is 5.02. The number of rotatable bonds is 5. The summed E-state index contributed by atoms with van der Waals surface area (Å²) in [6.45, 7) is 1.61. The molecule has 3 rings (SSSR count). The van der Waals surface area contributed by atoms with Gasteiger partial charge in [0.25, 0.3) is 5.91 Å². The van der Waals surface area contributed by atoms with Gasteiger partial charge in [-0.3, -0.25) is 19.4 Å². The molecule has 1 atom stereocenters. The molecule has 1 fully saturated rings. The third-order valence-electron chi connectivity index (χ3n) is 4.67. The molecule has 1 unspecified atom stereocenters. The number of carbonyl (C=O) groups is 3. The molecular weight excluding hydrogens is 330 g/mol. The average Bonchev–Trinajstić information content (AvgIpc) is 2.96. The molecule has 2 aromatic rings. The summed E-state index contributed by atoms with van der Waals surface area (Å²) in [6.07, 6.45) is 0. The summed E-state index contributed by atoms with van der Waals surface area (Å²) in [5.74, 6) is -0.647. The molecule has 2 aromatic carbocycles. The summed E-state index contributed by atoms with van der Waals surface area (Å²) >= 11 is 0. The van der Waals surface area contributed by atoms with Crippen LogP contribution < -0.4 is 4.90 Å². The van der Waals surface area contributed by atoms with Gasteiger partial charge in [0.15, 0.2) is 0 Å². The lowest BCUT2D eigenvalue weighted by molar-refractivity contribution is -0.136. The van der Waals surface area contributed by atoms with Crippen LogP contribution in [0.4, 0.5) is 10.5 Å². The Morgan fingerprint density at radius 1 is 1.04 bits per heavy atom. The Hall–Kier alpha value is -3.15. The van der Waals surface area contributed by atoms with Crippen LogP contribution in [0, 0.1) is 0 Å². The largest absolute Gasteiger partial charge is 0.337 e. The van der Waals surface area contributed by atoms with Gasteiger partial charge >= 0.3 is 6.03 Å². The zero-order valence-electron chi connectivity index (χ0n) is 14.8. The van der Waals surface area contributed by atoms with Gasteiger partial charge in [-0.25, -0.2) is 4.79 Å². The van der Waals surface area contributed by atoms with E-state index in [1.165, 1.54) is 4.90 Å². The number of para-hydroxylation sites is 1. The number of hydrogen-bond acceptors (Lipinski definition) is 3. The fourth-order valence-corrected chi connectivity index (χ4v) is 2.92. The number of likely N-dealkylation sites (N-methyl/N-ethyl adjacent to an activating group) is 1. The zero-order chi connectivity index (χ0) is 18.7. The number of urea groups is 1. The molecule has 1 saturated heterocycles. The molecule has 134 valence electrons. The Bertz CT molecular complexity index is 808. The highest BCUT2D eigenvalue weighted by atomic mass is 16.2. The van der Waals surface area contributed by atoms with E-state index >= 15 is 0 Å². The smallest absolute Gasteiger partial charge is 0.332 e. The molecule has 1 aliphatic heterocycles. The summed E-state index contributed by atoms with van der Waals surface area (Å²) in [7, 11) is 1.68. The van der Waals surface area contributed by atoms with Crippen molar-refractivity contribution in [3.05, 3.63) is 66.2 Å². The van der Waals surface area contributed by atoms with Crippen LogP contribution in [0.25, 0.3) is 0 Å². The number of imide groups is 1. The van der Waals surface area contributed by atoms with Crippen LogP contribution in [-0.4, -0.2) is 47.8 Å². The van der Waals surface area contributed by atoms with Gasteiger partial charge in [0, 0.05) is 12.7 Å². The van der Waals surface area contributed by atoms with Gasteiger partial charge in [-0.15, -0.1) is 0 Å². The fraction of sp³-hybridized carbons (Fsp3) is 0.250. The van der Waals surface area contributed by atoms with E-state index in [9.17, 15) is 14.4 Å². The molecule has 6 nitrogen and oxygen atoms in total. The minimum atomic E-state index is -0.463. The minimum Gasteiger partial charge on any atom is -0.337 e. The number of amides is 4. The van der Waals surface area contributed by atoms with Crippen LogP contribution in [0.1, 0.15) is 18.5 Å². The molecule has 4 amide bonds. The zero-order valence-corrected chi connectivity index (χ0v) is 14.8. The fourth-order valence-electron chi connectivity index (χ4n) is 2.92. The van der Waals surface area contributed by atoms with Crippen molar-refractivity contribution in [3.63, 3.8) is 0 Å². The van der Waals surface area contributed by atoms with Gasteiger partial charge < -0.3 is 4.90 Å². The third-order valence-corrected chi connectivity index (χ3v) is 4.67. The van der Waals surface area contributed by atoms with Gasteiger partial charge in [-0.05, 0) is 24.6 Å². The van der Waals surface area contributed by atoms with E-state index in [1.54, 1.807) is 36.2 Å². The molecule has 0 N–H and O–H groups in total. The van der Waals surface area contributed by atoms with Crippen LogP contribution in [0.5, 0.6) is 0 Å². The molecular formula is C20H21N3O3. The van der Waals surface area contributed by atoms with E-state index < -0.39 is 6.03 Å². The first kappa shape index (κ1) is 17.7. The number of carbonyl (C=O) groups excluding carboxylic acids is 3. The first-order valence-corrected chi connectivity index (χ1v) is 8.46. The molecule has 0 spiro atoms. The highest BCUT2D eigenvalue weighted by Gasteiger charge is 2.38. The first-order chi connectivity index (χ1) is 12.5. The van der Waals surface area contributed by atoms with Crippen molar-refractivity contribution >= 4 is 23.5 Å². The number of benzene rings is 2. The monoisotopic (exact) mass is 351 g/mol. The van der Waals surface area contributed by atoms with Gasteiger partial charge in [-0.1, -0.05) is 48.5 Å². The number of nitrogens with zero attached hydrogens (tertiary/aromatic N) is 3. The second-order valence-electron chi connectivity index (χ2n) is 6.28. The highest BCUT2D eigenvalue weighted by molar-refractivity contribution is 6.13. The van der Waals surface area contributed by atoms with Crippen molar-refractivity contribution in [2.24, 2.45) is 0 Å². The summed E-state index contributed by atoms with van der Waals surface area (Å²) in [5.41, 5.74) is 1.64. The minimum absolute atomic E-state index is 0.0475. The van der Waals surface area contributed by atoms with Crippen molar-refractivity contribution in [1.82, 2.24) is 9.80 Å². The van der Waals surface area contributed by atoms with E-state index in [0.29, 0.717) is 5.69 Å². The van der Waals surface area contributed by atoms with Crippen molar-refractivity contribution in [2.45, 2.75) is 13.0 Å². The van der Waals surface area contributed by atoms with Crippen molar-refractivity contribution in [3.8, 4) is 0 Å². The molecule has 0 saturated carbocycles. The van der Waals surface area contributed by atoms with E-state index in [0.717, 1.165) is 10.5 Å². The topological polar surface area (TPSA) is 60.9 Å². The van der Waals surface area contributed by atoms with Crippen LogP contribution in [-0.2, 0) is 9.59 Å². The number of hydrogen-bond donors (Lipinski definition) is 0. The first-order valence-electron chi connectivity index (χ1n) is 8.46. The maximum atomic E-state index is 12.6. The van der Waals surface area contributed by atoms with E-state index in [1.807, 2.05) is 43.3 Å². The maximum Gasteiger partial charge on any atom is 0.332 e. The van der Waals surface area contributed by atoms with E-state index in [-0.39, 0.29) is 30.9 Å². The molecule has 1 heterocycles. The van der Waals surface area contributed by atoms with E-state index in [4.69, 9.17) is 0 Å². The van der Waals surface area contributed by atoms with Crippen LogP contribution >= 0.6 is 0 Å². The number of anilines is 1. The highest BCUT2D eigenvalue weighted by Crippen LogP contribution is 2.22. The predicted octanol–water partition coefficient (Wildman–Crippen LogP) is 2.67. The van der Waals surface area contributed by atoms with Crippen molar-refractivity contribution in [1.29, 1.82) is 0 Å². The Balaban J connectivity index is 1.69. The molecule has 0 radical (unpaired) electrons. The van der Waals surface area contributed by atoms with Gasteiger partial charge in [0.2, 0.25) is 5.91 Å². The van der Waals surface area contributed by atoms with Crippen LogP contribution in [0.15, 0.2) is 60.7 Å². The lowest BCUT2D eigenvalue weighted by Crippen LogP contribution is -2.42. The summed E-state index contributed by atoms with van der Waals surface area (Å²) in [5, 5.41) is 0. The summed E-state index contributed by atoms with van der Waals surface area (Å²) in [6, 6.07) is 18.0. The lowest BCUT2D eigenvalue weighted by atomic mass is 10.1. The van der Waals surface area contributed by atoms with Crippen LogP contribution in [0.2, 0.25) is 0 Å². The molecule has 6 heteroatoms. The summed E-state index contributed by atoms with van der Waals surface area (Å²) in [4.78, 5) is 41.4. The maximum absolute atomic E-state index is 12.6. The Labute approximate surface area is 152 Å². The van der Waals surface area contributed by atoms with Gasteiger partial charge in [0.05, 0.1) is 6.04 Å². The standard InChI is InChI=1S/C20H21N3O3/c1-15(16-9-5-3-6-10-16)21(2)18(24)13-23-19(25)14-22(20(23)26)17-11-7-4-8-12-17/h3-12,15H,13-14H2,1-2H3. The SMILES string of the molecule is CC(c1ccccc1)N(C)C(=O)CN1C(=O)CN(c2ccccc2)C1=O. The lowest BCUT2D eigenvalue weighted by Gasteiger charge is -2.27. The van der Waals surface area contributed by atoms with E-state index in [2.05, 4.69) is 0 Å². The molecule has 1 aliphatic rings. The average molecular weight is 351 g/mol. The Morgan fingerprint density at radius 3 is 2.23 bits per heavy atom. The quantitative estimate of drug-likeness (QED) is 0.778. The van der Waals surface area contributed by atoms with Gasteiger partial charge in [0.1, 0.15) is 13.1 Å². The van der Waals surface area contributed by atoms with Crippen LogP contribution in [0.3, 0.4) is 0 Å².